The van der Waals surface area contributed by atoms with E-state index in [1.54, 1.807) is 23.9 Å². The maximum Gasteiger partial charge on any atom is 0.244 e. The fourth-order valence-electron chi connectivity index (χ4n) is 1.74. The first-order valence-electron chi connectivity index (χ1n) is 6.16. The van der Waals surface area contributed by atoms with Crippen LogP contribution in [0.2, 0.25) is 0 Å². The Bertz CT molecular complexity index is 508. The molecule has 0 aliphatic carbocycles. The summed E-state index contributed by atoms with van der Waals surface area (Å²) in [6.07, 6.45) is 1.57. The van der Waals surface area contributed by atoms with Gasteiger partial charge in [-0.05, 0) is 6.07 Å². The van der Waals surface area contributed by atoms with Gasteiger partial charge in [-0.15, -0.1) is 11.6 Å². The largest absolute Gasteiger partial charge is 0.383 e. The number of nitrogens with zero attached hydrogens (tertiary/aromatic N) is 2. The molecule has 0 spiro atoms. The lowest BCUT2D eigenvalue weighted by Gasteiger charge is -2.20. The lowest BCUT2D eigenvalue weighted by atomic mass is 10.5. The van der Waals surface area contributed by atoms with Crippen LogP contribution in [0.5, 0.6) is 0 Å². The van der Waals surface area contributed by atoms with E-state index in [0.29, 0.717) is 13.2 Å². The molecule has 1 aromatic rings. The van der Waals surface area contributed by atoms with Gasteiger partial charge in [0.2, 0.25) is 10.0 Å². The molecule has 0 aromatic carbocycles. The number of hydrogen-bond donors (Lipinski definition) is 0. The number of alkyl halides is 1. The van der Waals surface area contributed by atoms with E-state index >= 15 is 0 Å². The maximum absolute atomic E-state index is 12.6. The number of sulfonamides is 1. The Kier molecular flexibility index (Phi) is 6.97. The molecular weight excluding hydrogens is 304 g/mol. The highest BCUT2D eigenvalue weighted by molar-refractivity contribution is 7.89. The SMILES string of the molecule is COCCN(CCOC)S(=O)(=O)c1cc(CCl)n(C)c1. The highest BCUT2D eigenvalue weighted by Gasteiger charge is 2.25. The predicted molar refractivity (Wildman–Crippen MR) is 77.5 cm³/mol. The standard InChI is InChI=1S/C12H21ClN2O4S/c1-14-10-12(8-11(14)9-13)20(16,17)15(4-6-18-2)5-7-19-3/h8,10H,4-7,9H2,1-3H3. The lowest BCUT2D eigenvalue weighted by Crippen LogP contribution is -2.36. The summed E-state index contributed by atoms with van der Waals surface area (Å²) >= 11 is 5.77. The molecular formula is C12H21ClN2O4S. The molecule has 0 unspecified atom stereocenters. The van der Waals surface area contributed by atoms with Crippen LogP contribution in [0.15, 0.2) is 17.2 Å². The molecule has 116 valence electrons. The van der Waals surface area contributed by atoms with E-state index in [2.05, 4.69) is 0 Å². The Morgan fingerprint density at radius 2 is 1.80 bits per heavy atom. The first kappa shape index (κ1) is 17.5. The van der Waals surface area contributed by atoms with Crippen molar-refractivity contribution < 1.29 is 17.9 Å². The molecule has 20 heavy (non-hydrogen) atoms. The molecule has 0 N–H and O–H groups in total. The van der Waals surface area contributed by atoms with Crippen molar-refractivity contribution in [1.82, 2.24) is 8.87 Å². The van der Waals surface area contributed by atoms with Gasteiger partial charge in [-0.2, -0.15) is 4.31 Å². The number of aryl methyl sites for hydroxylation is 1. The van der Waals surface area contributed by atoms with Crippen molar-refractivity contribution in [2.45, 2.75) is 10.8 Å². The van der Waals surface area contributed by atoms with Gasteiger partial charge in [-0.1, -0.05) is 0 Å². The lowest BCUT2D eigenvalue weighted by molar-refractivity contribution is 0.150. The summed E-state index contributed by atoms with van der Waals surface area (Å²) in [7, 11) is 1.28. The van der Waals surface area contributed by atoms with Crippen molar-refractivity contribution in [3.05, 3.63) is 18.0 Å². The van der Waals surface area contributed by atoms with E-state index in [-0.39, 0.29) is 23.9 Å². The van der Waals surface area contributed by atoms with Crippen LogP contribution in [0.3, 0.4) is 0 Å². The van der Waals surface area contributed by atoms with Crippen LogP contribution in [0.1, 0.15) is 5.69 Å². The van der Waals surface area contributed by atoms with Crippen LogP contribution in [0.25, 0.3) is 0 Å². The molecule has 0 amide bonds. The van der Waals surface area contributed by atoms with Crippen LogP contribution in [-0.4, -0.2) is 57.8 Å². The van der Waals surface area contributed by atoms with Crippen molar-refractivity contribution in [3.8, 4) is 0 Å². The van der Waals surface area contributed by atoms with Crippen LogP contribution in [-0.2, 0) is 32.4 Å². The van der Waals surface area contributed by atoms with Crippen LogP contribution < -0.4 is 0 Å². The second kappa shape index (κ2) is 7.99. The molecule has 0 aliphatic rings. The molecule has 1 heterocycles. The summed E-state index contributed by atoms with van der Waals surface area (Å²) < 4.78 is 38.2. The number of ether oxygens (including phenoxy) is 2. The summed E-state index contributed by atoms with van der Waals surface area (Å²) in [5.41, 5.74) is 0.753. The van der Waals surface area contributed by atoms with Gasteiger partial charge in [0.05, 0.1) is 19.1 Å². The molecule has 0 fully saturated rings. The number of rotatable bonds is 9. The molecule has 8 heteroatoms. The van der Waals surface area contributed by atoms with E-state index in [1.165, 1.54) is 18.5 Å². The Balaban J connectivity index is 3.00. The minimum absolute atomic E-state index is 0.239. The van der Waals surface area contributed by atoms with Crippen molar-refractivity contribution in [2.24, 2.45) is 7.05 Å². The van der Waals surface area contributed by atoms with Gasteiger partial charge < -0.3 is 14.0 Å². The van der Waals surface area contributed by atoms with Gasteiger partial charge in [0.1, 0.15) is 4.90 Å². The summed E-state index contributed by atoms with van der Waals surface area (Å²) in [5, 5.41) is 0. The highest BCUT2D eigenvalue weighted by atomic mass is 35.5. The van der Waals surface area contributed by atoms with Crippen LogP contribution in [0, 0.1) is 0 Å². The van der Waals surface area contributed by atoms with E-state index < -0.39 is 10.0 Å². The monoisotopic (exact) mass is 324 g/mol. The number of methoxy groups -OCH3 is 2. The summed E-state index contributed by atoms with van der Waals surface area (Å²) in [5.74, 6) is 0.266. The minimum atomic E-state index is -3.56. The number of aromatic nitrogens is 1. The van der Waals surface area contributed by atoms with Gasteiger partial charge in [0, 0.05) is 46.2 Å². The maximum atomic E-state index is 12.6. The molecule has 6 nitrogen and oxygen atoms in total. The van der Waals surface area contributed by atoms with Crippen molar-refractivity contribution in [3.63, 3.8) is 0 Å². The van der Waals surface area contributed by atoms with E-state index in [0.717, 1.165) is 5.69 Å². The Labute approximate surface area is 125 Å². The van der Waals surface area contributed by atoms with Crippen LogP contribution in [0.4, 0.5) is 0 Å². The van der Waals surface area contributed by atoms with Gasteiger partial charge >= 0.3 is 0 Å². The molecule has 1 aromatic heterocycles. The van der Waals surface area contributed by atoms with Gasteiger partial charge in [0.15, 0.2) is 0 Å². The third-order valence-corrected chi connectivity index (χ3v) is 5.08. The third kappa shape index (κ3) is 4.20. The second-order valence-corrected chi connectivity index (χ2v) is 6.51. The van der Waals surface area contributed by atoms with Crippen molar-refractivity contribution >= 4 is 21.6 Å². The quantitative estimate of drug-likeness (QED) is 0.637. The Hall–Kier alpha value is -0.600. The molecule has 1 rings (SSSR count). The van der Waals surface area contributed by atoms with Gasteiger partial charge in [-0.25, -0.2) is 8.42 Å². The average Bonchev–Trinajstić information content (AvgIpc) is 2.80. The molecule has 0 atom stereocenters. The number of halogens is 1. The minimum Gasteiger partial charge on any atom is -0.383 e. The van der Waals surface area contributed by atoms with Crippen molar-refractivity contribution in [2.75, 3.05) is 40.5 Å². The highest BCUT2D eigenvalue weighted by Crippen LogP contribution is 2.19. The average molecular weight is 325 g/mol. The number of hydrogen-bond acceptors (Lipinski definition) is 4. The summed E-state index contributed by atoms with van der Waals surface area (Å²) in [6.45, 7) is 1.23. The molecule has 0 radical (unpaired) electrons. The Morgan fingerprint density at radius 1 is 1.25 bits per heavy atom. The van der Waals surface area contributed by atoms with Gasteiger partial charge in [-0.3, -0.25) is 0 Å². The molecule has 0 aliphatic heterocycles. The summed E-state index contributed by atoms with van der Waals surface area (Å²) in [6, 6.07) is 1.59. The second-order valence-electron chi connectivity index (χ2n) is 4.30. The molecule has 0 saturated heterocycles. The molecule has 0 saturated carbocycles. The first-order chi connectivity index (χ1) is 9.47. The van der Waals surface area contributed by atoms with E-state index in [1.807, 2.05) is 0 Å². The zero-order chi connectivity index (χ0) is 15.2. The normalized spacial score (nSPS) is 12.2. The Morgan fingerprint density at radius 3 is 2.20 bits per heavy atom. The molecule has 0 bridgehead atoms. The summed E-state index contributed by atoms with van der Waals surface area (Å²) in [4.78, 5) is 0.239. The first-order valence-corrected chi connectivity index (χ1v) is 8.14. The van der Waals surface area contributed by atoms with Gasteiger partial charge in [0.25, 0.3) is 0 Å². The third-order valence-electron chi connectivity index (χ3n) is 2.95. The smallest absolute Gasteiger partial charge is 0.244 e. The van der Waals surface area contributed by atoms with Crippen LogP contribution >= 0.6 is 11.6 Å². The van der Waals surface area contributed by atoms with E-state index in [4.69, 9.17) is 21.1 Å². The predicted octanol–water partition coefficient (Wildman–Crippen LogP) is 1.05. The zero-order valence-corrected chi connectivity index (χ0v) is 13.6. The fraction of sp³-hybridized carbons (Fsp3) is 0.667. The van der Waals surface area contributed by atoms with E-state index in [9.17, 15) is 8.42 Å². The van der Waals surface area contributed by atoms with Crippen molar-refractivity contribution in [1.29, 1.82) is 0 Å². The fourth-order valence-corrected chi connectivity index (χ4v) is 3.51. The zero-order valence-electron chi connectivity index (χ0n) is 12.0. The topological polar surface area (TPSA) is 60.8 Å².